The van der Waals surface area contributed by atoms with E-state index in [2.05, 4.69) is 10.3 Å². The van der Waals surface area contributed by atoms with Crippen LogP contribution in [0.2, 0.25) is 0 Å². The van der Waals surface area contributed by atoms with E-state index in [1.165, 1.54) is 7.11 Å². The third-order valence-corrected chi connectivity index (χ3v) is 7.30. The van der Waals surface area contributed by atoms with Gasteiger partial charge in [-0.15, -0.1) is 0 Å². The Balaban J connectivity index is 1.75. The zero-order valence-corrected chi connectivity index (χ0v) is 20.1. The molecule has 1 amide bonds. The van der Waals surface area contributed by atoms with E-state index in [-0.39, 0.29) is 11.9 Å². The van der Waals surface area contributed by atoms with Gasteiger partial charge >= 0.3 is 5.97 Å². The Morgan fingerprint density at radius 1 is 1.09 bits per heavy atom. The molecule has 1 aliphatic rings. The third kappa shape index (κ3) is 5.27. The number of carbonyl (C=O) groups is 2. The number of allylic oxidation sites excluding steroid dienone is 1. The first-order valence-electron chi connectivity index (χ1n) is 10.6. The first-order chi connectivity index (χ1) is 15.2. The Kier molecular flexibility index (Phi) is 7.51. The average Bonchev–Trinajstić information content (AvgIpc) is 3.19. The molecule has 1 aliphatic heterocycles. The van der Waals surface area contributed by atoms with Gasteiger partial charge in [0.1, 0.15) is 0 Å². The maximum absolute atomic E-state index is 12.6. The van der Waals surface area contributed by atoms with Crippen molar-refractivity contribution in [2.45, 2.75) is 51.9 Å². The SMILES string of the molecule is COC(=O)CCc1c(C)[nH]c(/C=C2\NC(=O)C(CCS(=O)c3ccc(C)cc3)=C2C)c1C. The normalized spacial score (nSPS) is 15.9. The number of hydrogen-bond donors (Lipinski definition) is 2. The summed E-state index contributed by atoms with van der Waals surface area (Å²) in [5, 5.41) is 2.94. The molecule has 32 heavy (non-hydrogen) atoms. The zero-order valence-electron chi connectivity index (χ0n) is 19.3. The second-order valence-electron chi connectivity index (χ2n) is 8.07. The average molecular weight is 455 g/mol. The molecule has 3 rings (SSSR count). The molecule has 0 saturated heterocycles. The molecule has 6 nitrogen and oxygen atoms in total. The third-order valence-electron chi connectivity index (χ3n) is 5.93. The Bertz CT molecular complexity index is 1120. The van der Waals surface area contributed by atoms with E-state index >= 15 is 0 Å². The Morgan fingerprint density at radius 3 is 2.44 bits per heavy atom. The van der Waals surface area contributed by atoms with E-state index in [0.717, 1.165) is 44.2 Å². The first kappa shape index (κ1) is 23.7. The Hall–Kier alpha value is -2.93. The number of ether oxygens (including phenoxy) is 1. The monoisotopic (exact) mass is 454 g/mol. The molecule has 2 N–H and O–H groups in total. The predicted octanol–water partition coefficient (Wildman–Crippen LogP) is 4.03. The number of aromatic amines is 1. The van der Waals surface area contributed by atoms with Crippen molar-refractivity contribution in [1.29, 1.82) is 0 Å². The fourth-order valence-electron chi connectivity index (χ4n) is 3.88. The number of hydrogen-bond acceptors (Lipinski definition) is 4. The van der Waals surface area contributed by atoms with Gasteiger partial charge in [-0.1, -0.05) is 17.7 Å². The summed E-state index contributed by atoms with van der Waals surface area (Å²) in [6.07, 6.45) is 3.30. The van der Waals surface area contributed by atoms with Gasteiger partial charge in [0.05, 0.1) is 17.9 Å². The number of H-pyrrole nitrogens is 1. The topological polar surface area (TPSA) is 88.3 Å². The van der Waals surface area contributed by atoms with Crippen molar-refractivity contribution in [3.63, 3.8) is 0 Å². The quantitative estimate of drug-likeness (QED) is 0.590. The van der Waals surface area contributed by atoms with Gasteiger partial charge in [-0.3, -0.25) is 13.8 Å². The van der Waals surface area contributed by atoms with Crippen LogP contribution in [0.15, 0.2) is 46.0 Å². The first-order valence-corrected chi connectivity index (χ1v) is 12.0. The molecule has 1 aromatic heterocycles. The summed E-state index contributed by atoms with van der Waals surface area (Å²) in [5.74, 6) is 0.0234. The number of amides is 1. The van der Waals surface area contributed by atoms with Crippen molar-refractivity contribution in [2.75, 3.05) is 12.9 Å². The van der Waals surface area contributed by atoms with Crippen molar-refractivity contribution in [2.24, 2.45) is 0 Å². The van der Waals surface area contributed by atoms with Crippen molar-refractivity contribution in [3.8, 4) is 0 Å². The van der Waals surface area contributed by atoms with Gasteiger partial charge < -0.3 is 15.0 Å². The van der Waals surface area contributed by atoms with Gasteiger partial charge in [0.15, 0.2) is 0 Å². The summed E-state index contributed by atoms with van der Waals surface area (Å²) in [7, 11) is 0.235. The van der Waals surface area contributed by atoms with Crippen molar-refractivity contribution < 1.29 is 18.5 Å². The standard InChI is InChI=1S/C25H30N2O4S/c1-15-6-8-19(9-7-15)32(30)13-12-21-17(3)23(27-25(21)29)14-22-16(2)20(18(4)26-22)10-11-24(28)31-5/h6-9,14,26H,10-13H2,1-5H3,(H,27,29)/b23-14-. The molecule has 0 bridgehead atoms. The number of rotatable bonds is 8. The number of methoxy groups -OCH3 is 1. The number of carbonyl (C=O) groups excluding carboxylic acids is 2. The van der Waals surface area contributed by atoms with E-state index in [1.807, 2.05) is 58.0 Å². The minimum Gasteiger partial charge on any atom is -0.469 e. The van der Waals surface area contributed by atoms with Gasteiger partial charge in [0.25, 0.3) is 5.91 Å². The van der Waals surface area contributed by atoms with E-state index < -0.39 is 10.8 Å². The fraction of sp³-hybridized carbons (Fsp3) is 0.360. The van der Waals surface area contributed by atoms with Crippen LogP contribution >= 0.6 is 0 Å². The summed E-state index contributed by atoms with van der Waals surface area (Å²) in [4.78, 5) is 28.2. The minimum absolute atomic E-state index is 0.137. The van der Waals surface area contributed by atoms with Gasteiger partial charge in [0, 0.05) is 39.7 Å². The molecular weight excluding hydrogens is 424 g/mol. The van der Waals surface area contributed by atoms with Crippen LogP contribution in [-0.2, 0) is 31.5 Å². The molecule has 1 aromatic carbocycles. The molecule has 7 heteroatoms. The van der Waals surface area contributed by atoms with E-state index in [1.54, 1.807) is 0 Å². The van der Waals surface area contributed by atoms with E-state index in [9.17, 15) is 13.8 Å². The maximum Gasteiger partial charge on any atom is 0.305 e. The molecule has 1 unspecified atom stereocenters. The highest BCUT2D eigenvalue weighted by Gasteiger charge is 2.25. The fourth-order valence-corrected chi connectivity index (χ4v) is 4.95. The van der Waals surface area contributed by atoms with Crippen LogP contribution in [0.4, 0.5) is 0 Å². The maximum atomic E-state index is 12.6. The lowest BCUT2D eigenvalue weighted by Gasteiger charge is -2.04. The molecule has 0 fully saturated rings. The van der Waals surface area contributed by atoms with Crippen molar-refractivity contribution in [1.82, 2.24) is 10.3 Å². The van der Waals surface area contributed by atoms with Gasteiger partial charge in [0.2, 0.25) is 0 Å². The number of benzene rings is 1. The smallest absolute Gasteiger partial charge is 0.305 e. The van der Waals surface area contributed by atoms with Crippen LogP contribution in [-0.4, -0.2) is 33.9 Å². The van der Waals surface area contributed by atoms with E-state index in [0.29, 0.717) is 30.6 Å². The number of nitrogens with one attached hydrogen (secondary N) is 2. The van der Waals surface area contributed by atoms with Crippen LogP contribution in [0, 0.1) is 20.8 Å². The minimum atomic E-state index is -1.15. The molecule has 0 radical (unpaired) electrons. The largest absolute Gasteiger partial charge is 0.469 e. The van der Waals surface area contributed by atoms with Crippen LogP contribution in [0.25, 0.3) is 6.08 Å². The summed E-state index contributed by atoms with van der Waals surface area (Å²) in [5.41, 5.74) is 7.45. The van der Waals surface area contributed by atoms with Crippen molar-refractivity contribution in [3.05, 3.63) is 69.2 Å². The van der Waals surface area contributed by atoms with E-state index in [4.69, 9.17) is 4.74 Å². The highest BCUT2D eigenvalue weighted by Crippen LogP contribution is 2.28. The predicted molar refractivity (Wildman–Crippen MR) is 126 cm³/mol. The second-order valence-corrected chi connectivity index (χ2v) is 9.64. The Labute approximate surface area is 191 Å². The van der Waals surface area contributed by atoms with Crippen LogP contribution in [0.3, 0.4) is 0 Å². The molecule has 0 saturated carbocycles. The molecule has 2 aromatic rings. The van der Waals surface area contributed by atoms with Gasteiger partial charge in [-0.05, 0) is 75.4 Å². The van der Waals surface area contributed by atoms with Gasteiger partial charge in [-0.2, -0.15) is 0 Å². The van der Waals surface area contributed by atoms with Crippen LogP contribution in [0.5, 0.6) is 0 Å². The number of aryl methyl sites for hydroxylation is 2. The second kappa shape index (κ2) is 10.1. The highest BCUT2D eigenvalue weighted by molar-refractivity contribution is 7.85. The summed E-state index contributed by atoms with van der Waals surface area (Å²) in [6.45, 7) is 7.89. The number of aromatic nitrogens is 1. The summed E-state index contributed by atoms with van der Waals surface area (Å²) < 4.78 is 17.4. The number of esters is 1. The van der Waals surface area contributed by atoms with Gasteiger partial charge in [-0.25, -0.2) is 0 Å². The lowest BCUT2D eigenvalue weighted by Crippen LogP contribution is -2.17. The molecule has 1 atom stereocenters. The van der Waals surface area contributed by atoms with Crippen LogP contribution in [0.1, 0.15) is 47.8 Å². The molecule has 2 heterocycles. The highest BCUT2D eigenvalue weighted by atomic mass is 32.2. The lowest BCUT2D eigenvalue weighted by atomic mass is 10.0. The Morgan fingerprint density at radius 2 is 1.78 bits per heavy atom. The summed E-state index contributed by atoms with van der Waals surface area (Å²) >= 11 is 0. The molecule has 0 aliphatic carbocycles. The lowest BCUT2D eigenvalue weighted by molar-refractivity contribution is -0.140. The molecule has 170 valence electrons. The summed E-state index contributed by atoms with van der Waals surface area (Å²) in [6, 6.07) is 7.64. The van der Waals surface area contributed by atoms with Crippen LogP contribution < -0.4 is 5.32 Å². The molecule has 0 spiro atoms. The van der Waals surface area contributed by atoms with Crippen molar-refractivity contribution >= 4 is 28.8 Å². The zero-order chi connectivity index (χ0) is 23.4. The molecular formula is C25H30N2O4S.